The third-order valence-electron chi connectivity index (χ3n) is 3.91. The molecule has 23 heavy (non-hydrogen) atoms. The van der Waals surface area contributed by atoms with Crippen LogP contribution >= 0.6 is 0 Å². The molecule has 0 saturated carbocycles. The van der Waals surface area contributed by atoms with Crippen LogP contribution in [-0.2, 0) is 14.8 Å². The summed E-state index contributed by atoms with van der Waals surface area (Å²) in [6.07, 6.45) is 3.57. The smallest absolute Gasteiger partial charge is 0.338 e. The molecule has 0 spiro atoms. The second kappa shape index (κ2) is 6.29. The lowest BCUT2D eigenvalue weighted by Crippen LogP contribution is -2.35. The van der Waals surface area contributed by atoms with Crippen molar-refractivity contribution >= 4 is 27.5 Å². The van der Waals surface area contributed by atoms with Crippen molar-refractivity contribution in [3.05, 3.63) is 23.8 Å². The number of amidine groups is 1. The van der Waals surface area contributed by atoms with Gasteiger partial charge >= 0.3 is 5.97 Å². The standard InChI is InChI=1S/C15H18N2O5S/c18-8-9-22-15(19)11-5-6-12-13(10-11)23(20,21)16-14-4-2-1-3-7-17(12)14/h5-6,10,18H,1-4,7-9H2. The number of hydrogen-bond acceptors (Lipinski definition) is 6. The zero-order valence-corrected chi connectivity index (χ0v) is 13.4. The molecule has 2 heterocycles. The third-order valence-corrected chi connectivity index (χ3v) is 5.24. The molecule has 1 aromatic rings. The van der Waals surface area contributed by atoms with E-state index in [1.165, 1.54) is 6.07 Å². The number of hydrogen-bond donors (Lipinski definition) is 1. The number of nitrogens with zero attached hydrogens (tertiary/aromatic N) is 2. The Kier molecular flexibility index (Phi) is 4.36. The molecule has 8 heteroatoms. The Bertz CT molecular complexity index is 757. The Balaban J connectivity index is 2.02. The van der Waals surface area contributed by atoms with Gasteiger partial charge in [0.25, 0.3) is 10.0 Å². The summed E-state index contributed by atoms with van der Waals surface area (Å²) in [6.45, 7) is 0.309. The third kappa shape index (κ3) is 3.09. The number of aliphatic hydroxyl groups excluding tert-OH is 1. The van der Waals surface area contributed by atoms with Crippen LogP contribution in [0.5, 0.6) is 0 Å². The maximum Gasteiger partial charge on any atom is 0.338 e. The van der Waals surface area contributed by atoms with Crippen LogP contribution < -0.4 is 4.90 Å². The molecule has 2 aliphatic heterocycles. The van der Waals surface area contributed by atoms with Gasteiger partial charge in [-0.2, -0.15) is 8.42 Å². The van der Waals surface area contributed by atoms with Crippen LogP contribution in [0.3, 0.4) is 0 Å². The van der Waals surface area contributed by atoms with E-state index in [1.807, 2.05) is 4.90 Å². The van der Waals surface area contributed by atoms with Gasteiger partial charge in [-0.3, -0.25) is 0 Å². The van der Waals surface area contributed by atoms with Crippen LogP contribution in [0, 0.1) is 0 Å². The number of ether oxygens (including phenoxy) is 1. The zero-order chi connectivity index (χ0) is 16.4. The van der Waals surface area contributed by atoms with Gasteiger partial charge in [0.1, 0.15) is 17.3 Å². The first kappa shape index (κ1) is 15.9. The molecule has 1 saturated heterocycles. The number of carbonyl (C=O) groups excluding carboxylic acids is 1. The fourth-order valence-electron chi connectivity index (χ4n) is 2.83. The molecule has 0 bridgehead atoms. The average molecular weight is 338 g/mol. The van der Waals surface area contributed by atoms with Crippen LogP contribution in [0.15, 0.2) is 27.5 Å². The largest absolute Gasteiger partial charge is 0.460 e. The molecule has 0 aromatic heterocycles. The van der Waals surface area contributed by atoms with Gasteiger partial charge < -0.3 is 14.7 Å². The molecule has 0 atom stereocenters. The van der Waals surface area contributed by atoms with Gasteiger partial charge in [0.15, 0.2) is 0 Å². The number of carbonyl (C=O) groups is 1. The molecule has 0 radical (unpaired) electrons. The number of rotatable bonds is 3. The van der Waals surface area contributed by atoms with Crippen molar-refractivity contribution < 1.29 is 23.1 Å². The Morgan fingerprint density at radius 1 is 1.30 bits per heavy atom. The summed E-state index contributed by atoms with van der Waals surface area (Å²) in [7, 11) is -3.82. The molecule has 1 fully saturated rings. The minimum absolute atomic E-state index is 0.0293. The first-order chi connectivity index (χ1) is 11.0. The van der Waals surface area contributed by atoms with Gasteiger partial charge in [-0.1, -0.05) is 6.42 Å². The summed E-state index contributed by atoms with van der Waals surface area (Å²) in [4.78, 5) is 13.8. The number of esters is 1. The second-order valence-electron chi connectivity index (χ2n) is 5.49. The lowest BCUT2D eigenvalue weighted by atomic mass is 10.2. The molecule has 0 aliphatic carbocycles. The van der Waals surface area contributed by atoms with Gasteiger partial charge in [-0.05, 0) is 31.0 Å². The molecule has 124 valence electrons. The summed E-state index contributed by atoms with van der Waals surface area (Å²) in [5.74, 6) is -0.0895. The summed E-state index contributed by atoms with van der Waals surface area (Å²) >= 11 is 0. The lowest BCUT2D eigenvalue weighted by Gasteiger charge is -2.29. The second-order valence-corrected chi connectivity index (χ2v) is 7.06. The minimum Gasteiger partial charge on any atom is -0.460 e. The molecule has 7 nitrogen and oxygen atoms in total. The van der Waals surface area contributed by atoms with Crippen molar-refractivity contribution in [1.82, 2.24) is 0 Å². The van der Waals surface area contributed by atoms with Crippen molar-refractivity contribution in [2.45, 2.75) is 30.6 Å². The number of benzene rings is 1. The fourth-order valence-corrected chi connectivity index (χ4v) is 4.11. The van der Waals surface area contributed by atoms with E-state index < -0.39 is 16.0 Å². The van der Waals surface area contributed by atoms with Gasteiger partial charge in [-0.25, -0.2) is 4.79 Å². The highest BCUT2D eigenvalue weighted by Gasteiger charge is 2.32. The predicted octanol–water partition coefficient (Wildman–Crippen LogP) is 1.32. The summed E-state index contributed by atoms with van der Waals surface area (Å²) in [5, 5.41) is 8.70. The first-order valence-electron chi connectivity index (χ1n) is 7.56. The molecular formula is C15H18N2O5S. The Hall–Kier alpha value is -1.93. The number of fused-ring (bicyclic) bond motifs is 3. The summed E-state index contributed by atoms with van der Waals surface area (Å²) in [5.41, 5.74) is 0.699. The van der Waals surface area contributed by atoms with E-state index in [0.29, 0.717) is 17.9 Å². The molecule has 0 amide bonds. The molecule has 1 N–H and O–H groups in total. The monoisotopic (exact) mass is 338 g/mol. The number of sulfonamides is 1. The Labute approximate surface area is 134 Å². The molecular weight excluding hydrogens is 320 g/mol. The Morgan fingerprint density at radius 3 is 2.91 bits per heavy atom. The van der Waals surface area contributed by atoms with Gasteiger partial charge in [0.2, 0.25) is 0 Å². The predicted molar refractivity (Wildman–Crippen MR) is 84.2 cm³/mol. The van der Waals surface area contributed by atoms with Gasteiger partial charge in [-0.15, -0.1) is 4.40 Å². The maximum absolute atomic E-state index is 12.4. The van der Waals surface area contributed by atoms with E-state index in [9.17, 15) is 13.2 Å². The van der Waals surface area contributed by atoms with E-state index in [-0.39, 0.29) is 23.7 Å². The SMILES string of the molecule is O=C(OCCO)c1ccc2c(c1)S(=O)(=O)N=C1CCCCCN12. The summed E-state index contributed by atoms with van der Waals surface area (Å²) < 4.78 is 33.6. The van der Waals surface area contributed by atoms with Crippen LogP contribution in [-0.4, -0.2) is 45.1 Å². The fraction of sp³-hybridized carbons (Fsp3) is 0.467. The van der Waals surface area contributed by atoms with E-state index in [4.69, 9.17) is 9.84 Å². The maximum atomic E-state index is 12.4. The van der Waals surface area contributed by atoms with Crippen LogP contribution in [0.1, 0.15) is 36.0 Å². The lowest BCUT2D eigenvalue weighted by molar-refractivity contribution is 0.0433. The van der Waals surface area contributed by atoms with Crippen LogP contribution in [0.2, 0.25) is 0 Å². The van der Waals surface area contributed by atoms with E-state index in [0.717, 1.165) is 25.8 Å². The quantitative estimate of drug-likeness (QED) is 0.835. The number of anilines is 1. The molecule has 3 rings (SSSR count). The first-order valence-corrected chi connectivity index (χ1v) is 9.00. The molecule has 0 unspecified atom stereocenters. The topological polar surface area (TPSA) is 96.3 Å². The minimum atomic E-state index is -3.82. The van der Waals surface area contributed by atoms with Crippen LogP contribution in [0.4, 0.5) is 5.69 Å². The average Bonchev–Trinajstić information content (AvgIpc) is 2.77. The molecule has 2 aliphatic rings. The van der Waals surface area contributed by atoms with Crippen molar-refractivity contribution in [3.8, 4) is 0 Å². The van der Waals surface area contributed by atoms with Crippen LogP contribution in [0.25, 0.3) is 0 Å². The van der Waals surface area contributed by atoms with Crippen molar-refractivity contribution in [3.63, 3.8) is 0 Å². The van der Waals surface area contributed by atoms with E-state index in [1.54, 1.807) is 12.1 Å². The Morgan fingerprint density at radius 2 is 2.13 bits per heavy atom. The van der Waals surface area contributed by atoms with E-state index >= 15 is 0 Å². The van der Waals surface area contributed by atoms with E-state index in [2.05, 4.69) is 4.40 Å². The highest BCUT2D eigenvalue weighted by Crippen LogP contribution is 2.35. The molecule has 1 aromatic carbocycles. The van der Waals surface area contributed by atoms with Crippen molar-refractivity contribution in [2.24, 2.45) is 4.40 Å². The van der Waals surface area contributed by atoms with Gasteiger partial charge in [0, 0.05) is 13.0 Å². The highest BCUT2D eigenvalue weighted by molar-refractivity contribution is 7.90. The normalized spacial score (nSPS) is 19.2. The summed E-state index contributed by atoms with van der Waals surface area (Å²) in [6, 6.07) is 4.47. The highest BCUT2D eigenvalue weighted by atomic mass is 32.2. The van der Waals surface area contributed by atoms with Crippen molar-refractivity contribution in [2.75, 3.05) is 24.7 Å². The zero-order valence-electron chi connectivity index (χ0n) is 12.6. The van der Waals surface area contributed by atoms with Gasteiger partial charge in [0.05, 0.1) is 17.9 Å². The number of aliphatic hydroxyl groups is 1. The van der Waals surface area contributed by atoms with Crippen molar-refractivity contribution in [1.29, 1.82) is 0 Å².